The van der Waals surface area contributed by atoms with E-state index in [-0.39, 0.29) is 0 Å². The maximum atomic E-state index is 5.80. The lowest BCUT2D eigenvalue weighted by atomic mass is 10.1. The number of fused-ring (bicyclic) bond motifs is 2. The van der Waals surface area contributed by atoms with Gasteiger partial charge in [0.1, 0.15) is 5.75 Å². The Bertz CT molecular complexity index is 1230. The lowest BCUT2D eigenvalue weighted by Crippen LogP contribution is -2.30. The zero-order chi connectivity index (χ0) is 21.4. The highest BCUT2D eigenvalue weighted by atomic mass is 16.5. The molecule has 0 radical (unpaired) electrons. The van der Waals surface area contributed by atoms with Gasteiger partial charge < -0.3 is 15.0 Å². The van der Waals surface area contributed by atoms with Crippen molar-refractivity contribution in [2.75, 3.05) is 19.4 Å². The van der Waals surface area contributed by atoms with E-state index in [4.69, 9.17) is 15.5 Å². The molecule has 1 aliphatic rings. The van der Waals surface area contributed by atoms with Crippen LogP contribution in [0.1, 0.15) is 23.7 Å². The Balaban J connectivity index is 1.38. The molecule has 2 aromatic heterocycles. The summed E-state index contributed by atoms with van der Waals surface area (Å²) >= 11 is 0. The number of ether oxygens (including phenoxy) is 1. The number of aryl methyl sites for hydroxylation is 1. The van der Waals surface area contributed by atoms with Gasteiger partial charge in [-0.1, -0.05) is 0 Å². The molecule has 2 aromatic carbocycles. The van der Waals surface area contributed by atoms with E-state index in [2.05, 4.69) is 39.7 Å². The monoisotopic (exact) mass is 413 g/mol. The summed E-state index contributed by atoms with van der Waals surface area (Å²) in [6, 6.07) is 14.1. The van der Waals surface area contributed by atoms with Crippen LogP contribution in [0.15, 0.2) is 54.9 Å². The van der Waals surface area contributed by atoms with Crippen molar-refractivity contribution in [1.82, 2.24) is 19.4 Å². The molecule has 6 heteroatoms. The van der Waals surface area contributed by atoms with Crippen LogP contribution in [0.2, 0.25) is 0 Å². The number of nitrogens with zero attached hydrogens (tertiary/aromatic N) is 4. The molecule has 0 saturated carbocycles. The Hall–Kier alpha value is -3.38. The molecule has 5 rings (SSSR count). The van der Waals surface area contributed by atoms with Gasteiger partial charge in [0.05, 0.1) is 12.8 Å². The molecule has 2 N–H and O–H groups in total. The van der Waals surface area contributed by atoms with Crippen LogP contribution in [0, 0.1) is 0 Å². The highest BCUT2D eigenvalue weighted by Gasteiger charge is 2.20. The number of hydrogen-bond acceptors (Lipinski definition) is 5. The van der Waals surface area contributed by atoms with Crippen molar-refractivity contribution >= 4 is 16.6 Å². The van der Waals surface area contributed by atoms with Crippen LogP contribution in [0.5, 0.6) is 5.75 Å². The summed E-state index contributed by atoms with van der Waals surface area (Å²) in [5.74, 6) is 1.67. The minimum atomic E-state index is 0.749. The molecule has 6 nitrogen and oxygen atoms in total. The molecule has 158 valence electrons. The van der Waals surface area contributed by atoms with Gasteiger partial charge in [-0.05, 0) is 55.0 Å². The zero-order valence-corrected chi connectivity index (χ0v) is 18.0. The molecule has 1 aliphatic heterocycles. The molecule has 31 heavy (non-hydrogen) atoms. The normalized spacial score (nSPS) is 14.0. The van der Waals surface area contributed by atoms with Crippen molar-refractivity contribution in [2.45, 2.75) is 33.0 Å². The average Bonchev–Trinajstić information content (AvgIpc) is 3.16. The van der Waals surface area contributed by atoms with E-state index in [0.29, 0.717) is 0 Å². The number of methoxy groups -OCH3 is 1. The number of rotatable bonds is 5. The molecule has 4 aromatic rings. The molecular weight excluding hydrogens is 386 g/mol. The smallest absolute Gasteiger partial charge is 0.159 e. The van der Waals surface area contributed by atoms with Crippen LogP contribution in [-0.2, 0) is 26.1 Å². The number of hydrogen-bond donors (Lipinski definition) is 1. The van der Waals surface area contributed by atoms with Gasteiger partial charge in [-0.2, -0.15) is 0 Å². The molecule has 3 heterocycles. The Morgan fingerprint density at radius 3 is 2.74 bits per heavy atom. The quantitative estimate of drug-likeness (QED) is 0.495. The predicted molar refractivity (Wildman–Crippen MR) is 124 cm³/mol. The SMILES string of the molecule is CCn1cc(CN2CCc3nc(-c4ccc(N)cc4)ncc3C2)c2cc(OC)ccc21. The van der Waals surface area contributed by atoms with E-state index in [0.717, 1.165) is 61.1 Å². The predicted octanol–water partition coefficient (Wildman–Crippen LogP) is 4.27. The fraction of sp³-hybridized carbons (Fsp3) is 0.280. The van der Waals surface area contributed by atoms with Gasteiger partial charge in [0.25, 0.3) is 0 Å². The van der Waals surface area contributed by atoms with E-state index in [1.54, 1.807) is 7.11 Å². The van der Waals surface area contributed by atoms with Gasteiger partial charge in [0.2, 0.25) is 0 Å². The van der Waals surface area contributed by atoms with Crippen LogP contribution in [0.3, 0.4) is 0 Å². The fourth-order valence-electron chi connectivity index (χ4n) is 4.39. The Labute approximate surface area is 182 Å². The molecule has 0 spiro atoms. The van der Waals surface area contributed by atoms with Crippen molar-refractivity contribution in [3.05, 3.63) is 71.7 Å². The lowest BCUT2D eigenvalue weighted by Gasteiger charge is -2.28. The van der Waals surface area contributed by atoms with Gasteiger partial charge in [0, 0.05) is 72.7 Å². The third-order valence-electron chi connectivity index (χ3n) is 6.09. The van der Waals surface area contributed by atoms with Crippen LogP contribution < -0.4 is 10.5 Å². The average molecular weight is 414 g/mol. The molecule has 0 fully saturated rings. The van der Waals surface area contributed by atoms with E-state index in [1.807, 2.05) is 36.5 Å². The van der Waals surface area contributed by atoms with Crippen LogP contribution in [-0.4, -0.2) is 33.1 Å². The summed E-state index contributed by atoms with van der Waals surface area (Å²) in [5, 5.41) is 1.27. The summed E-state index contributed by atoms with van der Waals surface area (Å²) in [5.41, 5.74) is 12.5. The maximum absolute atomic E-state index is 5.80. The second-order valence-electron chi connectivity index (χ2n) is 8.07. The first-order chi connectivity index (χ1) is 15.1. The minimum absolute atomic E-state index is 0.749. The van der Waals surface area contributed by atoms with E-state index < -0.39 is 0 Å². The molecule has 0 atom stereocenters. The molecule has 0 bridgehead atoms. The second-order valence-corrected chi connectivity index (χ2v) is 8.07. The summed E-state index contributed by atoms with van der Waals surface area (Å²) < 4.78 is 7.77. The topological polar surface area (TPSA) is 69.2 Å². The number of nitrogens with two attached hydrogens (primary N) is 1. The third-order valence-corrected chi connectivity index (χ3v) is 6.09. The first kappa shape index (κ1) is 19.6. The van der Waals surface area contributed by atoms with Crippen LogP contribution >= 0.6 is 0 Å². The summed E-state index contributed by atoms with van der Waals surface area (Å²) in [7, 11) is 1.72. The molecular formula is C25H27N5O. The van der Waals surface area contributed by atoms with Crippen molar-refractivity contribution in [3.8, 4) is 17.1 Å². The number of nitrogen functional groups attached to an aromatic ring is 1. The largest absolute Gasteiger partial charge is 0.497 e. The van der Waals surface area contributed by atoms with Gasteiger partial charge in [-0.25, -0.2) is 9.97 Å². The lowest BCUT2D eigenvalue weighted by molar-refractivity contribution is 0.243. The van der Waals surface area contributed by atoms with Gasteiger partial charge >= 0.3 is 0 Å². The number of aromatic nitrogens is 3. The highest BCUT2D eigenvalue weighted by molar-refractivity contribution is 5.85. The first-order valence-corrected chi connectivity index (χ1v) is 10.7. The van der Waals surface area contributed by atoms with Gasteiger partial charge in [-0.15, -0.1) is 0 Å². The summed E-state index contributed by atoms with van der Waals surface area (Å²) in [6.07, 6.45) is 5.19. The fourth-order valence-corrected chi connectivity index (χ4v) is 4.39. The van der Waals surface area contributed by atoms with E-state index >= 15 is 0 Å². The number of benzene rings is 2. The third kappa shape index (κ3) is 3.75. The molecule has 0 unspecified atom stereocenters. The summed E-state index contributed by atoms with van der Waals surface area (Å²) in [4.78, 5) is 11.9. The Morgan fingerprint density at radius 2 is 1.97 bits per heavy atom. The van der Waals surface area contributed by atoms with E-state index in [9.17, 15) is 0 Å². The number of anilines is 1. The van der Waals surface area contributed by atoms with Crippen molar-refractivity contribution < 1.29 is 4.74 Å². The molecule has 0 saturated heterocycles. The zero-order valence-electron chi connectivity index (χ0n) is 18.0. The summed E-state index contributed by atoms with van der Waals surface area (Å²) in [6.45, 7) is 5.87. The van der Waals surface area contributed by atoms with Crippen molar-refractivity contribution in [3.63, 3.8) is 0 Å². The first-order valence-electron chi connectivity index (χ1n) is 10.7. The Morgan fingerprint density at radius 1 is 1.13 bits per heavy atom. The van der Waals surface area contributed by atoms with Gasteiger partial charge in [-0.3, -0.25) is 4.90 Å². The second kappa shape index (κ2) is 8.04. The van der Waals surface area contributed by atoms with Crippen LogP contribution in [0.25, 0.3) is 22.3 Å². The minimum Gasteiger partial charge on any atom is -0.497 e. The maximum Gasteiger partial charge on any atom is 0.159 e. The standard InChI is InChI=1S/C25H27N5O/c1-3-30-16-19(22-12-21(31-2)8-9-24(22)30)15-29-11-10-23-18(14-29)13-27-25(28-23)17-4-6-20(26)7-5-17/h4-9,12-13,16H,3,10-11,14-15,26H2,1-2H3. The van der Waals surface area contributed by atoms with E-state index in [1.165, 1.54) is 22.0 Å². The Kier molecular flexibility index (Phi) is 5.08. The molecule has 0 amide bonds. The van der Waals surface area contributed by atoms with Crippen molar-refractivity contribution in [1.29, 1.82) is 0 Å². The molecule has 0 aliphatic carbocycles. The highest BCUT2D eigenvalue weighted by Crippen LogP contribution is 2.29. The van der Waals surface area contributed by atoms with Crippen LogP contribution in [0.4, 0.5) is 5.69 Å². The van der Waals surface area contributed by atoms with Crippen molar-refractivity contribution in [2.24, 2.45) is 0 Å². The van der Waals surface area contributed by atoms with Gasteiger partial charge in [0.15, 0.2) is 5.82 Å².